The van der Waals surface area contributed by atoms with E-state index in [-0.39, 0.29) is 23.8 Å². The van der Waals surface area contributed by atoms with E-state index in [2.05, 4.69) is 23.2 Å². The molecule has 2 aliphatic heterocycles. The summed E-state index contributed by atoms with van der Waals surface area (Å²) in [4.78, 5) is 49.1. The minimum Gasteiger partial charge on any atom is -0.444 e. The monoisotopic (exact) mass is 503 g/mol. The molecule has 1 aromatic rings. The van der Waals surface area contributed by atoms with Crippen molar-refractivity contribution >= 4 is 29.9 Å². The molecule has 0 spiro atoms. The highest BCUT2D eigenvalue weighted by Crippen LogP contribution is 2.25. The molecule has 2 saturated heterocycles. The van der Waals surface area contributed by atoms with Gasteiger partial charge in [-0.2, -0.15) is 0 Å². The molecule has 8 heteroatoms. The predicted molar refractivity (Wildman–Crippen MR) is 143 cm³/mol. The van der Waals surface area contributed by atoms with E-state index in [0.29, 0.717) is 19.5 Å². The van der Waals surface area contributed by atoms with Crippen LogP contribution in [0.5, 0.6) is 0 Å². The third-order valence-electron chi connectivity index (χ3n) is 5.93. The molecule has 0 aliphatic carbocycles. The molecule has 3 rings (SSSR count). The van der Waals surface area contributed by atoms with E-state index >= 15 is 0 Å². The number of aldehydes is 1. The third-order valence-corrected chi connectivity index (χ3v) is 5.93. The summed E-state index contributed by atoms with van der Waals surface area (Å²) >= 11 is 0. The van der Waals surface area contributed by atoms with Crippen molar-refractivity contribution in [3.63, 3.8) is 0 Å². The second-order valence-electron chi connectivity index (χ2n) is 9.71. The maximum atomic E-state index is 12.1. The number of nitrogens with one attached hydrogen (secondary N) is 1. The van der Waals surface area contributed by atoms with Crippen LogP contribution < -0.4 is 10.2 Å². The molecular formula is C28H45N3O5. The van der Waals surface area contributed by atoms with Crippen molar-refractivity contribution in [3.8, 4) is 0 Å². The topological polar surface area (TPSA) is 96.0 Å². The number of amides is 3. The minimum atomic E-state index is -0.470. The highest BCUT2D eigenvalue weighted by atomic mass is 16.6. The molecule has 1 N–H and O–H groups in total. The molecule has 0 bridgehead atoms. The standard InChI is InChI=1S/C18H26N2O3.C8H13NO2.C2H6/c1-5-15-14(13-21)7-6-8-16(15)19-9-11-20(12-10-19)17(22)23-18(2,3)4;1-2-3-6-4-5-7(10)9-8(6)11;1-2/h6-8,13H,5,9-12H2,1-4H3;6H,2-5H2,1H3,(H,9,10,11);1-2H3. The second-order valence-corrected chi connectivity index (χ2v) is 9.71. The van der Waals surface area contributed by atoms with Gasteiger partial charge >= 0.3 is 6.09 Å². The van der Waals surface area contributed by atoms with Crippen molar-refractivity contribution in [1.82, 2.24) is 10.2 Å². The Morgan fingerprint density at radius 2 is 1.75 bits per heavy atom. The zero-order valence-corrected chi connectivity index (χ0v) is 23.2. The number of hydrogen-bond donors (Lipinski definition) is 1. The fraction of sp³-hybridized carbons (Fsp3) is 0.643. The highest BCUT2D eigenvalue weighted by Gasteiger charge is 2.27. The van der Waals surface area contributed by atoms with Crippen molar-refractivity contribution in [2.75, 3.05) is 31.1 Å². The molecule has 202 valence electrons. The molecule has 2 aliphatic rings. The van der Waals surface area contributed by atoms with E-state index in [0.717, 1.165) is 61.9 Å². The van der Waals surface area contributed by atoms with Gasteiger partial charge in [0.1, 0.15) is 11.9 Å². The van der Waals surface area contributed by atoms with Gasteiger partial charge in [-0.3, -0.25) is 19.7 Å². The molecule has 2 heterocycles. The number of benzene rings is 1. The van der Waals surface area contributed by atoms with Crippen molar-refractivity contribution < 1.29 is 23.9 Å². The Morgan fingerprint density at radius 1 is 1.11 bits per heavy atom. The SMILES string of the molecule is CC.CCCC1CCC(=O)NC1=O.CCc1c(C=O)cccc1N1CCN(C(=O)OC(C)(C)C)CC1. The van der Waals surface area contributed by atoms with Crippen LogP contribution in [-0.4, -0.2) is 60.9 Å². The smallest absolute Gasteiger partial charge is 0.410 e. The maximum Gasteiger partial charge on any atom is 0.410 e. The lowest BCUT2D eigenvalue weighted by atomic mass is 9.94. The molecule has 8 nitrogen and oxygen atoms in total. The van der Waals surface area contributed by atoms with Gasteiger partial charge in [-0.05, 0) is 51.7 Å². The molecule has 3 amide bonds. The van der Waals surface area contributed by atoms with E-state index in [9.17, 15) is 19.2 Å². The number of piperazine rings is 1. The quantitative estimate of drug-likeness (QED) is 0.449. The Balaban J connectivity index is 0.000000417. The lowest BCUT2D eigenvalue weighted by molar-refractivity contribution is -0.136. The van der Waals surface area contributed by atoms with Crippen LogP contribution in [0.1, 0.15) is 90.1 Å². The van der Waals surface area contributed by atoms with Crippen LogP contribution in [0.3, 0.4) is 0 Å². The summed E-state index contributed by atoms with van der Waals surface area (Å²) in [7, 11) is 0. The third kappa shape index (κ3) is 9.63. The van der Waals surface area contributed by atoms with Crippen molar-refractivity contribution in [2.45, 2.75) is 86.2 Å². The number of imide groups is 1. The van der Waals surface area contributed by atoms with E-state index in [1.54, 1.807) is 4.90 Å². The van der Waals surface area contributed by atoms with Crippen LogP contribution in [0.25, 0.3) is 0 Å². The van der Waals surface area contributed by atoms with E-state index in [1.807, 2.05) is 53.7 Å². The molecule has 2 fully saturated rings. The Labute approximate surface area is 216 Å². The van der Waals surface area contributed by atoms with Crippen LogP contribution >= 0.6 is 0 Å². The lowest BCUT2D eigenvalue weighted by Gasteiger charge is -2.37. The van der Waals surface area contributed by atoms with Crippen LogP contribution in [0.15, 0.2) is 18.2 Å². The van der Waals surface area contributed by atoms with Gasteiger partial charge in [-0.15, -0.1) is 0 Å². The highest BCUT2D eigenvalue weighted by molar-refractivity contribution is 5.98. The van der Waals surface area contributed by atoms with Crippen LogP contribution in [0, 0.1) is 5.92 Å². The number of ether oxygens (including phenoxy) is 1. The van der Waals surface area contributed by atoms with Gasteiger partial charge in [0.2, 0.25) is 11.8 Å². The molecule has 0 aromatic heterocycles. The Kier molecular flexibility index (Phi) is 13.2. The first kappa shape index (κ1) is 31.1. The molecule has 0 saturated carbocycles. The fourth-order valence-electron chi connectivity index (χ4n) is 4.20. The average molecular weight is 504 g/mol. The first-order valence-corrected chi connectivity index (χ1v) is 13.2. The van der Waals surface area contributed by atoms with E-state index in [4.69, 9.17) is 4.74 Å². The first-order valence-electron chi connectivity index (χ1n) is 13.2. The Hall–Kier alpha value is -2.90. The zero-order chi connectivity index (χ0) is 27.3. The largest absolute Gasteiger partial charge is 0.444 e. The lowest BCUT2D eigenvalue weighted by Crippen LogP contribution is -2.50. The average Bonchev–Trinajstić information content (AvgIpc) is 2.86. The summed E-state index contributed by atoms with van der Waals surface area (Å²) in [5, 5.41) is 2.34. The van der Waals surface area contributed by atoms with Crippen LogP contribution in [0.2, 0.25) is 0 Å². The predicted octanol–water partition coefficient (Wildman–Crippen LogP) is 4.98. The fourth-order valence-corrected chi connectivity index (χ4v) is 4.20. The van der Waals surface area contributed by atoms with Gasteiger partial charge in [0.05, 0.1) is 0 Å². The van der Waals surface area contributed by atoms with E-state index in [1.165, 1.54) is 0 Å². The van der Waals surface area contributed by atoms with Gasteiger partial charge in [0.15, 0.2) is 0 Å². The number of hydrogen-bond acceptors (Lipinski definition) is 6. The maximum absolute atomic E-state index is 12.1. The first-order chi connectivity index (χ1) is 17.1. The number of nitrogens with zero attached hydrogens (tertiary/aromatic N) is 2. The number of rotatable bonds is 5. The van der Waals surface area contributed by atoms with E-state index < -0.39 is 5.60 Å². The van der Waals surface area contributed by atoms with Gasteiger partial charge in [0, 0.05) is 49.8 Å². The van der Waals surface area contributed by atoms with Crippen LogP contribution in [-0.2, 0) is 20.7 Å². The van der Waals surface area contributed by atoms with Gasteiger partial charge in [-0.1, -0.05) is 46.2 Å². The number of carbonyl (C=O) groups is 4. The molecule has 36 heavy (non-hydrogen) atoms. The molecule has 0 radical (unpaired) electrons. The number of anilines is 1. The summed E-state index contributed by atoms with van der Waals surface area (Å²) in [6.07, 6.45) is 4.63. The number of piperidine rings is 1. The Morgan fingerprint density at radius 3 is 2.25 bits per heavy atom. The number of carbonyl (C=O) groups excluding carboxylic acids is 4. The molecule has 1 aromatic carbocycles. The van der Waals surface area contributed by atoms with Crippen molar-refractivity contribution in [1.29, 1.82) is 0 Å². The zero-order valence-electron chi connectivity index (χ0n) is 23.2. The summed E-state index contributed by atoms with van der Waals surface area (Å²) < 4.78 is 5.42. The minimum absolute atomic E-state index is 0.0805. The summed E-state index contributed by atoms with van der Waals surface area (Å²) in [5.41, 5.74) is 2.45. The van der Waals surface area contributed by atoms with Crippen molar-refractivity contribution in [3.05, 3.63) is 29.3 Å². The van der Waals surface area contributed by atoms with Crippen LogP contribution in [0.4, 0.5) is 10.5 Å². The summed E-state index contributed by atoms with van der Waals surface area (Å²) in [5.74, 6) is -0.122. The Bertz CT molecular complexity index is 870. The van der Waals surface area contributed by atoms with Gasteiger partial charge in [0.25, 0.3) is 0 Å². The summed E-state index contributed by atoms with van der Waals surface area (Å²) in [6.45, 7) is 16.5. The van der Waals surface area contributed by atoms with Crippen molar-refractivity contribution in [2.24, 2.45) is 5.92 Å². The van der Waals surface area contributed by atoms with Gasteiger partial charge < -0.3 is 14.5 Å². The normalized spacial score (nSPS) is 17.7. The summed E-state index contributed by atoms with van der Waals surface area (Å²) in [6, 6.07) is 5.82. The van der Waals surface area contributed by atoms with Gasteiger partial charge in [-0.25, -0.2) is 4.79 Å². The molecule has 1 unspecified atom stereocenters. The molecule has 1 atom stereocenters. The second kappa shape index (κ2) is 15.3. The molecular weight excluding hydrogens is 458 g/mol.